The second-order valence-corrected chi connectivity index (χ2v) is 9.92. The Morgan fingerprint density at radius 3 is 2.32 bits per heavy atom. The molecule has 1 rings (SSSR count). The standard InChI is InChI=1S/C27H45BrN2O/c1-9-17(4)20(7)24(25(27(28)30-8)26(29)18(5)10-2)23(11-3)13-12-21-15-22(16-21)14-19(6)31/h9,14,19-21,23,31H,10-13,15-16,29H2,1-8H3/b17-9-,22-14?,25-24-,26-18-,30-27?/t19?,20-,21?,23?/m0/s1. The predicted octanol–water partition coefficient (Wildman–Crippen LogP) is 7.47. The number of aliphatic imine (C=N–C) groups is 1. The first-order valence-corrected chi connectivity index (χ1v) is 12.7. The Morgan fingerprint density at radius 2 is 1.87 bits per heavy atom. The lowest BCUT2D eigenvalue weighted by molar-refractivity contribution is 0.238. The Labute approximate surface area is 199 Å². The third kappa shape index (κ3) is 7.75. The van der Waals surface area contributed by atoms with Gasteiger partial charge in [0.15, 0.2) is 0 Å². The van der Waals surface area contributed by atoms with Crippen LogP contribution in [0.2, 0.25) is 0 Å². The average Bonchev–Trinajstić information content (AvgIpc) is 2.73. The maximum absolute atomic E-state index is 9.57. The lowest BCUT2D eigenvalue weighted by Gasteiger charge is -2.34. The molecule has 4 heteroatoms. The summed E-state index contributed by atoms with van der Waals surface area (Å²) in [5, 5.41) is 9.57. The summed E-state index contributed by atoms with van der Waals surface area (Å²) in [6.07, 6.45) is 10.6. The molecule has 1 aliphatic carbocycles. The highest BCUT2D eigenvalue weighted by Gasteiger charge is 2.29. The van der Waals surface area contributed by atoms with E-state index in [-0.39, 0.29) is 6.10 Å². The highest BCUT2D eigenvalue weighted by Crippen LogP contribution is 2.41. The fourth-order valence-corrected chi connectivity index (χ4v) is 4.99. The van der Waals surface area contributed by atoms with E-state index in [9.17, 15) is 5.11 Å². The van der Waals surface area contributed by atoms with Crippen LogP contribution >= 0.6 is 15.9 Å². The van der Waals surface area contributed by atoms with Crippen LogP contribution in [0.1, 0.15) is 87.0 Å². The molecule has 3 atom stereocenters. The summed E-state index contributed by atoms with van der Waals surface area (Å²) in [4.78, 5) is 4.50. The highest BCUT2D eigenvalue weighted by molar-refractivity contribution is 9.18. The minimum atomic E-state index is -0.330. The molecule has 0 heterocycles. The number of hydrogen-bond donors (Lipinski definition) is 2. The molecule has 0 amide bonds. The van der Waals surface area contributed by atoms with Crippen LogP contribution in [0, 0.1) is 17.8 Å². The number of nitrogens with two attached hydrogens (primary N) is 1. The van der Waals surface area contributed by atoms with Crippen LogP contribution in [-0.2, 0) is 0 Å². The molecule has 1 fully saturated rings. The normalized spacial score (nSPS) is 22.3. The number of rotatable bonds is 11. The van der Waals surface area contributed by atoms with Crippen molar-refractivity contribution in [2.24, 2.45) is 28.5 Å². The Hall–Kier alpha value is -1.13. The van der Waals surface area contributed by atoms with E-state index in [1.165, 1.54) is 28.7 Å². The molecule has 3 nitrogen and oxygen atoms in total. The molecule has 0 aliphatic heterocycles. The third-order valence-corrected chi connectivity index (χ3v) is 7.74. The Morgan fingerprint density at radius 1 is 1.26 bits per heavy atom. The average molecular weight is 494 g/mol. The first-order valence-electron chi connectivity index (χ1n) is 11.9. The van der Waals surface area contributed by atoms with Gasteiger partial charge in [-0.1, -0.05) is 44.1 Å². The van der Waals surface area contributed by atoms with Gasteiger partial charge in [-0.2, -0.15) is 0 Å². The summed E-state index contributed by atoms with van der Waals surface area (Å²) in [5.41, 5.74) is 14.1. The van der Waals surface area contributed by atoms with E-state index >= 15 is 0 Å². The number of halogens is 1. The molecule has 0 saturated heterocycles. The van der Waals surface area contributed by atoms with E-state index in [0.717, 1.165) is 53.9 Å². The van der Waals surface area contributed by atoms with E-state index in [4.69, 9.17) is 5.73 Å². The van der Waals surface area contributed by atoms with Gasteiger partial charge in [-0.3, -0.25) is 4.99 Å². The Kier molecular flexibility index (Phi) is 12.1. The number of allylic oxidation sites excluding steroid dienone is 6. The summed E-state index contributed by atoms with van der Waals surface area (Å²) >= 11 is 3.74. The van der Waals surface area contributed by atoms with Crippen molar-refractivity contribution in [3.8, 4) is 0 Å². The zero-order valence-corrected chi connectivity index (χ0v) is 22.6. The van der Waals surface area contributed by atoms with Crippen LogP contribution in [0.15, 0.2) is 50.7 Å². The van der Waals surface area contributed by atoms with Gasteiger partial charge in [0.1, 0.15) is 4.62 Å². The maximum Gasteiger partial charge on any atom is 0.109 e. The summed E-state index contributed by atoms with van der Waals surface area (Å²) in [7, 11) is 1.83. The zero-order valence-electron chi connectivity index (χ0n) is 21.1. The van der Waals surface area contributed by atoms with Crippen molar-refractivity contribution in [2.45, 2.75) is 93.1 Å². The number of hydrogen-bond acceptors (Lipinski definition) is 3. The fraction of sp³-hybridized carbons (Fsp3) is 0.667. The van der Waals surface area contributed by atoms with E-state index in [1.807, 2.05) is 20.0 Å². The lowest BCUT2D eigenvalue weighted by atomic mass is 9.72. The number of aliphatic hydroxyl groups excluding tert-OH is 1. The smallest absolute Gasteiger partial charge is 0.109 e. The van der Waals surface area contributed by atoms with Gasteiger partial charge in [0, 0.05) is 18.3 Å². The molecule has 3 N–H and O–H groups in total. The van der Waals surface area contributed by atoms with Crippen LogP contribution in [0.25, 0.3) is 0 Å². The molecule has 0 aromatic heterocycles. The fourth-order valence-electron chi connectivity index (χ4n) is 4.55. The SMILES string of the molecule is C/C=C(/C)[C@H](C)/C(=C(C(Br)=NC)\C(N)=C(/C)CC)C(CC)CCC1CC(=CC(C)O)C1. The van der Waals surface area contributed by atoms with Crippen molar-refractivity contribution in [3.05, 3.63) is 45.7 Å². The zero-order chi connectivity index (χ0) is 23.7. The summed E-state index contributed by atoms with van der Waals surface area (Å²) in [6, 6.07) is 0. The molecule has 1 aliphatic rings. The van der Waals surface area contributed by atoms with Gasteiger partial charge in [0.25, 0.3) is 0 Å². The van der Waals surface area contributed by atoms with Gasteiger partial charge in [0.05, 0.1) is 6.10 Å². The van der Waals surface area contributed by atoms with E-state index in [0.29, 0.717) is 11.8 Å². The molecule has 31 heavy (non-hydrogen) atoms. The molecule has 0 radical (unpaired) electrons. The van der Waals surface area contributed by atoms with E-state index in [1.54, 1.807) is 0 Å². The molecule has 0 bridgehead atoms. The maximum atomic E-state index is 9.57. The molecule has 1 saturated carbocycles. The van der Waals surface area contributed by atoms with Gasteiger partial charge in [-0.25, -0.2) is 0 Å². The first-order chi connectivity index (χ1) is 14.6. The molecule has 0 aromatic rings. The van der Waals surface area contributed by atoms with Gasteiger partial charge >= 0.3 is 0 Å². The molecule has 2 unspecified atom stereocenters. The predicted molar refractivity (Wildman–Crippen MR) is 141 cm³/mol. The van der Waals surface area contributed by atoms with Crippen LogP contribution in [0.4, 0.5) is 0 Å². The van der Waals surface area contributed by atoms with Crippen molar-refractivity contribution >= 4 is 20.6 Å². The summed E-state index contributed by atoms with van der Waals surface area (Å²) in [5.74, 6) is 1.51. The number of aliphatic hydroxyl groups is 1. The first kappa shape index (κ1) is 27.9. The largest absolute Gasteiger partial charge is 0.398 e. The van der Waals surface area contributed by atoms with E-state index in [2.05, 4.69) is 68.5 Å². The van der Waals surface area contributed by atoms with Gasteiger partial charge in [-0.05, 0) is 111 Å². The molecule has 0 spiro atoms. The summed E-state index contributed by atoms with van der Waals surface area (Å²) < 4.78 is 0.854. The van der Waals surface area contributed by atoms with Crippen molar-refractivity contribution in [2.75, 3.05) is 7.05 Å². The minimum Gasteiger partial charge on any atom is -0.398 e. The highest BCUT2D eigenvalue weighted by atomic mass is 79.9. The molecular weight excluding hydrogens is 448 g/mol. The van der Waals surface area contributed by atoms with Crippen molar-refractivity contribution in [1.29, 1.82) is 0 Å². The number of nitrogens with zero attached hydrogens (tertiary/aromatic N) is 1. The molecule has 0 aromatic carbocycles. The topological polar surface area (TPSA) is 58.6 Å². The van der Waals surface area contributed by atoms with Crippen molar-refractivity contribution in [3.63, 3.8) is 0 Å². The van der Waals surface area contributed by atoms with Gasteiger partial charge in [0.2, 0.25) is 0 Å². The molecule has 176 valence electrons. The third-order valence-electron chi connectivity index (χ3n) is 6.99. The van der Waals surface area contributed by atoms with Crippen LogP contribution in [0.3, 0.4) is 0 Å². The lowest BCUT2D eigenvalue weighted by Crippen LogP contribution is -2.23. The monoisotopic (exact) mass is 492 g/mol. The van der Waals surface area contributed by atoms with E-state index < -0.39 is 0 Å². The Bertz CT molecular complexity index is 747. The molecular formula is C27H45BrN2O. The van der Waals surface area contributed by atoms with Gasteiger partial charge < -0.3 is 10.8 Å². The summed E-state index contributed by atoms with van der Waals surface area (Å²) in [6.45, 7) is 15.1. The quantitative estimate of drug-likeness (QED) is 0.178. The van der Waals surface area contributed by atoms with Crippen LogP contribution < -0.4 is 5.73 Å². The van der Waals surface area contributed by atoms with Crippen LogP contribution in [0.5, 0.6) is 0 Å². The second-order valence-electron chi connectivity index (χ2n) is 9.17. The minimum absolute atomic E-state index is 0.314. The van der Waals surface area contributed by atoms with Crippen molar-refractivity contribution < 1.29 is 5.11 Å². The van der Waals surface area contributed by atoms with Gasteiger partial charge in [-0.15, -0.1) is 0 Å². The second kappa shape index (κ2) is 13.4. The Balaban J connectivity index is 3.36. The van der Waals surface area contributed by atoms with Crippen LogP contribution in [-0.4, -0.2) is 22.9 Å². The van der Waals surface area contributed by atoms with Crippen molar-refractivity contribution in [1.82, 2.24) is 0 Å².